The highest BCUT2D eigenvalue weighted by Gasteiger charge is 2.22. The van der Waals surface area contributed by atoms with Gasteiger partial charge in [0, 0.05) is 55.1 Å². The van der Waals surface area contributed by atoms with Crippen LogP contribution in [0.3, 0.4) is 0 Å². The van der Waals surface area contributed by atoms with E-state index in [4.69, 9.17) is 4.42 Å². The van der Waals surface area contributed by atoms with Crippen molar-refractivity contribution < 1.29 is 4.42 Å². The van der Waals surface area contributed by atoms with Gasteiger partial charge in [0.1, 0.15) is 11.2 Å². The van der Waals surface area contributed by atoms with E-state index in [-0.39, 0.29) is 0 Å². The molecule has 318 valence electrons. The van der Waals surface area contributed by atoms with Crippen LogP contribution in [-0.2, 0) is 0 Å². The van der Waals surface area contributed by atoms with Crippen molar-refractivity contribution in [3.8, 4) is 33.6 Å². The zero-order chi connectivity index (χ0) is 44.7. The smallest absolute Gasteiger partial charge is 0.143 e. The van der Waals surface area contributed by atoms with E-state index in [1.165, 1.54) is 43.6 Å². The Morgan fingerprint density at radius 3 is 1.62 bits per heavy atom. The molecule has 0 N–H and O–H groups in total. The third-order valence-electron chi connectivity index (χ3n) is 13.9. The molecule has 0 saturated heterocycles. The lowest BCUT2D eigenvalue weighted by Gasteiger charge is -2.27. The van der Waals surface area contributed by atoms with Gasteiger partial charge in [-0.1, -0.05) is 152 Å². The summed E-state index contributed by atoms with van der Waals surface area (Å²) >= 11 is 0. The SMILES string of the molecule is c1ccc(-n2c3ccccc3c3cc(-c4cccc(N(c5ccc(-c6cccc(-n7c8ccccc8c8ccccc87)c6)cc5)c5cccc6oc7c8ccccc8ccc7c56)c4)ccc32)cc1. The van der Waals surface area contributed by atoms with Crippen molar-refractivity contribution in [1.82, 2.24) is 9.13 Å². The Morgan fingerprint density at radius 1 is 0.309 bits per heavy atom. The van der Waals surface area contributed by atoms with E-state index in [1.54, 1.807) is 0 Å². The highest BCUT2D eigenvalue weighted by Crippen LogP contribution is 2.46. The molecule has 4 heteroatoms. The minimum atomic E-state index is 0.855. The highest BCUT2D eigenvalue weighted by atomic mass is 16.3. The predicted octanol–water partition coefficient (Wildman–Crippen LogP) is 17.7. The Morgan fingerprint density at radius 2 is 0.868 bits per heavy atom. The molecule has 0 unspecified atom stereocenters. The van der Waals surface area contributed by atoms with Gasteiger partial charge in [-0.05, 0) is 125 Å². The standard InChI is InChI=1S/C64H41N3O/c1-2-18-47(19-3-1)66-59-28-11-8-25-54(59)56-41-46(34-38-60(56)66)45-17-13-20-49(40-45)65(61-29-14-30-62-63(61)55-37-33-43-15-4-5-22-51(43)64(55)68-62)48-35-31-42(32-36-48)44-16-12-21-50(39-44)67-57-26-9-6-23-52(57)53-24-7-10-27-58(53)67/h1-41H. The maximum absolute atomic E-state index is 6.77. The first-order valence-corrected chi connectivity index (χ1v) is 23.2. The van der Waals surface area contributed by atoms with Gasteiger partial charge >= 0.3 is 0 Å². The number of benzene rings is 11. The third-order valence-corrected chi connectivity index (χ3v) is 13.9. The molecule has 0 aliphatic heterocycles. The van der Waals surface area contributed by atoms with Gasteiger partial charge in [0.25, 0.3) is 0 Å². The Hall–Kier alpha value is -9.12. The molecule has 0 radical (unpaired) electrons. The average molecular weight is 868 g/mol. The summed E-state index contributed by atoms with van der Waals surface area (Å²) < 4.78 is 11.5. The second-order valence-electron chi connectivity index (χ2n) is 17.7. The van der Waals surface area contributed by atoms with E-state index >= 15 is 0 Å². The molecule has 3 aromatic heterocycles. The molecule has 14 aromatic rings. The van der Waals surface area contributed by atoms with E-state index in [9.17, 15) is 0 Å². The summed E-state index contributed by atoms with van der Waals surface area (Å²) in [6.07, 6.45) is 0. The fourth-order valence-corrected chi connectivity index (χ4v) is 10.8. The first-order chi connectivity index (χ1) is 33.7. The van der Waals surface area contributed by atoms with Crippen molar-refractivity contribution in [3.05, 3.63) is 249 Å². The van der Waals surface area contributed by atoms with Crippen LogP contribution < -0.4 is 4.90 Å². The van der Waals surface area contributed by atoms with Gasteiger partial charge in [-0.3, -0.25) is 0 Å². The first kappa shape index (κ1) is 38.2. The molecule has 0 saturated carbocycles. The van der Waals surface area contributed by atoms with E-state index in [0.29, 0.717) is 0 Å². The fraction of sp³-hybridized carbons (Fsp3) is 0. The van der Waals surface area contributed by atoms with Crippen molar-refractivity contribution in [2.24, 2.45) is 0 Å². The normalized spacial score (nSPS) is 11.8. The minimum absolute atomic E-state index is 0.855. The Kier molecular flexibility index (Phi) is 8.55. The number of rotatable bonds is 7. The summed E-state index contributed by atoms with van der Waals surface area (Å²) in [5, 5.41) is 9.41. The highest BCUT2D eigenvalue weighted by molar-refractivity contribution is 6.20. The van der Waals surface area contributed by atoms with Crippen molar-refractivity contribution in [2.45, 2.75) is 0 Å². The van der Waals surface area contributed by atoms with Crippen molar-refractivity contribution in [3.63, 3.8) is 0 Å². The molecule has 0 spiro atoms. The van der Waals surface area contributed by atoms with Crippen LogP contribution >= 0.6 is 0 Å². The number of para-hydroxylation sites is 4. The summed E-state index contributed by atoms with van der Waals surface area (Å²) in [4.78, 5) is 2.40. The number of hydrogen-bond acceptors (Lipinski definition) is 2. The van der Waals surface area contributed by atoms with E-state index in [0.717, 1.165) is 83.4 Å². The van der Waals surface area contributed by atoms with Gasteiger partial charge in [-0.15, -0.1) is 0 Å². The number of aromatic nitrogens is 2. The van der Waals surface area contributed by atoms with Crippen LogP contribution in [0.15, 0.2) is 253 Å². The monoisotopic (exact) mass is 867 g/mol. The van der Waals surface area contributed by atoms with Crippen LogP contribution in [0, 0.1) is 0 Å². The van der Waals surface area contributed by atoms with Crippen LogP contribution in [-0.4, -0.2) is 9.13 Å². The van der Waals surface area contributed by atoms with Crippen LogP contribution in [0.25, 0.3) is 110 Å². The molecule has 0 aliphatic rings. The molecule has 68 heavy (non-hydrogen) atoms. The van der Waals surface area contributed by atoms with Gasteiger partial charge in [-0.25, -0.2) is 0 Å². The number of furan rings is 1. The quantitative estimate of drug-likeness (QED) is 0.160. The molecule has 0 amide bonds. The largest absolute Gasteiger partial charge is 0.455 e. The zero-order valence-corrected chi connectivity index (χ0v) is 36.9. The van der Waals surface area contributed by atoms with Gasteiger partial charge in [0.05, 0.1) is 33.1 Å². The topological polar surface area (TPSA) is 26.2 Å². The summed E-state index contributed by atoms with van der Waals surface area (Å²) in [7, 11) is 0. The van der Waals surface area contributed by atoms with E-state index < -0.39 is 0 Å². The molecule has 11 aromatic carbocycles. The van der Waals surface area contributed by atoms with Gasteiger partial charge in [0.2, 0.25) is 0 Å². The molecular formula is C64H41N3O. The third kappa shape index (κ3) is 5.94. The maximum Gasteiger partial charge on any atom is 0.143 e. The number of anilines is 3. The molecule has 3 heterocycles. The van der Waals surface area contributed by atoms with Crippen LogP contribution in [0.1, 0.15) is 0 Å². The van der Waals surface area contributed by atoms with E-state index in [1.807, 2.05) is 0 Å². The molecule has 0 atom stereocenters. The van der Waals surface area contributed by atoms with Crippen molar-refractivity contribution in [1.29, 1.82) is 0 Å². The number of fused-ring (bicyclic) bond motifs is 11. The lowest BCUT2D eigenvalue weighted by Crippen LogP contribution is -2.10. The summed E-state index contributed by atoms with van der Waals surface area (Å²) in [5.74, 6) is 0. The number of nitrogens with zero attached hydrogens (tertiary/aromatic N) is 3. The van der Waals surface area contributed by atoms with Gasteiger partial charge < -0.3 is 18.5 Å². The second kappa shape index (κ2) is 15.2. The van der Waals surface area contributed by atoms with Crippen LogP contribution in [0.5, 0.6) is 0 Å². The van der Waals surface area contributed by atoms with Crippen molar-refractivity contribution >= 4 is 93.4 Å². The fourth-order valence-electron chi connectivity index (χ4n) is 10.8. The summed E-state index contributed by atoms with van der Waals surface area (Å²) in [6.45, 7) is 0. The Balaban J connectivity index is 0.921. The Bertz CT molecular complexity index is 4210. The molecule has 4 nitrogen and oxygen atoms in total. The predicted molar refractivity (Wildman–Crippen MR) is 285 cm³/mol. The van der Waals surface area contributed by atoms with Crippen molar-refractivity contribution in [2.75, 3.05) is 4.90 Å². The summed E-state index contributed by atoms with van der Waals surface area (Å²) in [6, 6.07) is 89.9. The molecule has 0 aliphatic carbocycles. The molecule has 0 fully saturated rings. The van der Waals surface area contributed by atoms with Gasteiger partial charge in [-0.2, -0.15) is 0 Å². The Labute approximate surface area is 392 Å². The van der Waals surface area contributed by atoms with Crippen LogP contribution in [0.4, 0.5) is 17.1 Å². The van der Waals surface area contributed by atoms with Crippen LogP contribution in [0.2, 0.25) is 0 Å². The van der Waals surface area contributed by atoms with Gasteiger partial charge in [0.15, 0.2) is 0 Å². The number of hydrogen-bond donors (Lipinski definition) is 0. The zero-order valence-electron chi connectivity index (χ0n) is 36.9. The molecule has 0 bridgehead atoms. The van der Waals surface area contributed by atoms with E-state index in [2.05, 4.69) is 263 Å². The molecule has 14 rings (SSSR count). The maximum atomic E-state index is 6.77. The lowest BCUT2D eigenvalue weighted by molar-refractivity contribution is 0.672. The summed E-state index contributed by atoms with van der Waals surface area (Å²) in [5.41, 5.74) is 16.6. The second-order valence-corrected chi connectivity index (χ2v) is 17.7. The minimum Gasteiger partial charge on any atom is -0.455 e. The lowest BCUT2D eigenvalue weighted by atomic mass is 10.0. The molecular weight excluding hydrogens is 827 g/mol. The first-order valence-electron chi connectivity index (χ1n) is 23.2. The average Bonchev–Trinajstić information content (AvgIpc) is 4.08.